The average Bonchev–Trinajstić information content (AvgIpc) is 2.82. The van der Waals surface area contributed by atoms with Crippen molar-refractivity contribution < 1.29 is 19.2 Å². The number of nitrogens with one attached hydrogen (secondary N) is 1. The van der Waals surface area contributed by atoms with Crippen molar-refractivity contribution in [2.24, 2.45) is 0 Å². The van der Waals surface area contributed by atoms with Gasteiger partial charge >= 0.3 is 0 Å². The predicted octanol–water partition coefficient (Wildman–Crippen LogP) is 4.77. The molecule has 3 aromatic rings. The summed E-state index contributed by atoms with van der Waals surface area (Å²) in [7, 11) is 0. The van der Waals surface area contributed by atoms with E-state index in [9.17, 15) is 19.7 Å². The van der Waals surface area contributed by atoms with Crippen molar-refractivity contribution in [3.05, 3.63) is 104 Å². The summed E-state index contributed by atoms with van der Waals surface area (Å²) >= 11 is 8.64. The van der Waals surface area contributed by atoms with Crippen LogP contribution in [0.3, 0.4) is 0 Å². The number of nitro benzene ring substituents is 1. The number of anilines is 1. The molecule has 1 fully saturated rings. The fraction of sp³-hybridized carbons (Fsp3) is 0.0417. The van der Waals surface area contributed by atoms with Crippen molar-refractivity contribution in [1.29, 1.82) is 0 Å². The van der Waals surface area contributed by atoms with E-state index in [1.54, 1.807) is 54.6 Å². The molecule has 8 nitrogen and oxygen atoms in total. The second kappa shape index (κ2) is 9.94. The van der Waals surface area contributed by atoms with Crippen molar-refractivity contribution in [1.82, 2.24) is 5.32 Å². The van der Waals surface area contributed by atoms with E-state index in [1.807, 2.05) is 6.07 Å². The predicted molar refractivity (Wildman–Crippen MR) is 134 cm³/mol. The SMILES string of the molecule is O=C1NC(=S)N(c2ccccc2)C(=O)/C1=C\c1ccc(OCc2ccc([N+](=O)[O-])cc2)c(Br)c1. The molecule has 4 rings (SSSR count). The molecule has 1 heterocycles. The molecule has 10 heteroatoms. The molecule has 0 saturated carbocycles. The van der Waals surface area contributed by atoms with Crippen LogP contribution in [-0.2, 0) is 16.2 Å². The third-order valence-electron chi connectivity index (χ3n) is 4.92. The van der Waals surface area contributed by atoms with Crippen LogP contribution in [0.2, 0.25) is 0 Å². The molecule has 0 unspecified atom stereocenters. The van der Waals surface area contributed by atoms with Gasteiger partial charge in [-0.15, -0.1) is 0 Å². The van der Waals surface area contributed by atoms with Gasteiger partial charge in [0.25, 0.3) is 17.5 Å². The highest BCUT2D eigenvalue weighted by atomic mass is 79.9. The van der Waals surface area contributed by atoms with Gasteiger partial charge in [-0.1, -0.05) is 24.3 Å². The highest BCUT2D eigenvalue weighted by molar-refractivity contribution is 9.10. The van der Waals surface area contributed by atoms with Gasteiger partial charge in [-0.25, -0.2) is 0 Å². The van der Waals surface area contributed by atoms with Crippen LogP contribution in [0.25, 0.3) is 6.08 Å². The van der Waals surface area contributed by atoms with Crippen molar-refractivity contribution in [2.75, 3.05) is 4.90 Å². The van der Waals surface area contributed by atoms with Crippen molar-refractivity contribution in [3.63, 3.8) is 0 Å². The third-order valence-corrected chi connectivity index (χ3v) is 5.83. The Kier molecular flexibility index (Phi) is 6.80. The number of thiocarbonyl (C=S) groups is 1. The van der Waals surface area contributed by atoms with Crippen LogP contribution >= 0.6 is 28.1 Å². The van der Waals surface area contributed by atoms with Crippen molar-refractivity contribution >= 4 is 62.5 Å². The summed E-state index contributed by atoms with van der Waals surface area (Å²) in [6.07, 6.45) is 1.49. The van der Waals surface area contributed by atoms with Crippen LogP contribution in [0.15, 0.2) is 82.8 Å². The van der Waals surface area contributed by atoms with Gasteiger partial charge in [-0.05, 0) is 81.7 Å². The Morgan fingerprint density at radius 3 is 2.41 bits per heavy atom. The molecular formula is C24H16BrN3O5S. The van der Waals surface area contributed by atoms with E-state index in [0.29, 0.717) is 21.5 Å². The second-order valence-electron chi connectivity index (χ2n) is 7.20. The Morgan fingerprint density at radius 2 is 1.76 bits per heavy atom. The van der Waals surface area contributed by atoms with Crippen LogP contribution in [0.1, 0.15) is 11.1 Å². The fourth-order valence-corrected chi connectivity index (χ4v) is 4.03. The number of non-ortho nitro benzene ring substituents is 1. The molecule has 170 valence electrons. The number of nitrogens with zero attached hydrogens (tertiary/aromatic N) is 2. The topological polar surface area (TPSA) is 102 Å². The highest BCUT2D eigenvalue weighted by Crippen LogP contribution is 2.29. The Bertz CT molecular complexity index is 1330. The summed E-state index contributed by atoms with van der Waals surface area (Å²) in [6.45, 7) is 0.210. The van der Waals surface area contributed by atoms with Crippen molar-refractivity contribution in [3.8, 4) is 5.75 Å². The molecule has 1 N–H and O–H groups in total. The smallest absolute Gasteiger partial charge is 0.270 e. The lowest BCUT2D eigenvalue weighted by Gasteiger charge is -2.28. The van der Waals surface area contributed by atoms with Crippen LogP contribution in [0.5, 0.6) is 5.75 Å². The third kappa shape index (κ3) is 5.03. The zero-order chi connectivity index (χ0) is 24.2. The standard InChI is InChI=1S/C24H16BrN3O5S/c25-20-13-16(8-11-21(20)33-14-15-6-9-18(10-7-15)28(31)32)12-19-22(29)26-24(34)27(23(19)30)17-4-2-1-3-5-17/h1-13H,14H2,(H,26,29,34)/b19-12-. The van der Waals surface area contributed by atoms with Gasteiger partial charge in [0.2, 0.25) is 0 Å². The highest BCUT2D eigenvalue weighted by Gasteiger charge is 2.34. The molecular weight excluding hydrogens is 522 g/mol. The number of benzene rings is 3. The molecule has 1 aliphatic rings. The fourth-order valence-electron chi connectivity index (χ4n) is 3.23. The molecule has 34 heavy (non-hydrogen) atoms. The lowest BCUT2D eigenvalue weighted by atomic mass is 10.1. The molecule has 0 aromatic heterocycles. The van der Waals surface area contributed by atoms with Crippen LogP contribution < -0.4 is 15.0 Å². The Labute approximate surface area is 208 Å². The maximum atomic E-state index is 13.1. The number of rotatable bonds is 6. The Hall–Kier alpha value is -3.89. The lowest BCUT2D eigenvalue weighted by molar-refractivity contribution is -0.384. The van der Waals surface area contributed by atoms with Gasteiger partial charge in [0, 0.05) is 12.1 Å². The zero-order valence-corrected chi connectivity index (χ0v) is 19.8. The monoisotopic (exact) mass is 537 g/mol. The minimum Gasteiger partial charge on any atom is -0.488 e. The van der Waals surface area contributed by atoms with Gasteiger partial charge < -0.3 is 4.74 Å². The minimum atomic E-state index is -0.572. The normalized spacial score (nSPS) is 14.8. The molecule has 2 amide bonds. The summed E-state index contributed by atoms with van der Waals surface area (Å²) in [5.41, 5.74) is 1.89. The number of ether oxygens (including phenoxy) is 1. The summed E-state index contributed by atoms with van der Waals surface area (Å²) in [5.74, 6) is -0.557. The maximum absolute atomic E-state index is 13.1. The number of hydrogen-bond donors (Lipinski definition) is 1. The molecule has 1 aliphatic heterocycles. The van der Waals surface area contributed by atoms with E-state index in [1.165, 1.54) is 23.1 Å². The zero-order valence-electron chi connectivity index (χ0n) is 17.4. The van der Waals surface area contributed by atoms with Crippen molar-refractivity contribution in [2.45, 2.75) is 6.61 Å². The number of para-hydroxylation sites is 1. The molecule has 1 saturated heterocycles. The van der Waals surface area contributed by atoms with Gasteiger partial charge in [-0.3, -0.25) is 29.9 Å². The van der Waals surface area contributed by atoms with E-state index in [4.69, 9.17) is 17.0 Å². The molecule has 0 atom stereocenters. The van der Waals surface area contributed by atoms with E-state index >= 15 is 0 Å². The lowest BCUT2D eigenvalue weighted by Crippen LogP contribution is -2.54. The van der Waals surface area contributed by atoms with E-state index in [-0.39, 0.29) is 23.0 Å². The summed E-state index contributed by atoms with van der Waals surface area (Å²) in [4.78, 5) is 37.1. The van der Waals surface area contributed by atoms with Crippen LogP contribution in [0, 0.1) is 10.1 Å². The first-order valence-corrected chi connectivity index (χ1v) is 11.2. The van der Waals surface area contributed by atoms with Gasteiger partial charge in [-0.2, -0.15) is 0 Å². The number of halogens is 1. The van der Waals surface area contributed by atoms with Gasteiger partial charge in [0.15, 0.2) is 5.11 Å². The molecule has 0 radical (unpaired) electrons. The van der Waals surface area contributed by atoms with Crippen LogP contribution in [0.4, 0.5) is 11.4 Å². The molecule has 3 aromatic carbocycles. The summed E-state index contributed by atoms with van der Waals surface area (Å²) in [6, 6.07) is 20.0. The number of nitro groups is 1. The van der Waals surface area contributed by atoms with E-state index in [2.05, 4.69) is 21.2 Å². The minimum absolute atomic E-state index is 0.00945. The number of amides is 2. The number of carbonyl (C=O) groups is 2. The first-order chi connectivity index (χ1) is 16.3. The summed E-state index contributed by atoms with van der Waals surface area (Å²) in [5, 5.41) is 13.3. The van der Waals surface area contributed by atoms with E-state index in [0.717, 1.165) is 5.56 Å². The largest absolute Gasteiger partial charge is 0.488 e. The second-order valence-corrected chi connectivity index (χ2v) is 8.44. The molecule has 0 spiro atoms. The van der Waals surface area contributed by atoms with Gasteiger partial charge in [0.05, 0.1) is 15.1 Å². The number of hydrogen-bond acceptors (Lipinski definition) is 6. The quantitative estimate of drug-likeness (QED) is 0.160. The first kappa shape index (κ1) is 23.3. The average molecular weight is 538 g/mol. The Balaban J connectivity index is 1.52. The van der Waals surface area contributed by atoms with E-state index < -0.39 is 16.7 Å². The summed E-state index contributed by atoms with van der Waals surface area (Å²) < 4.78 is 6.40. The number of carbonyl (C=O) groups excluding carboxylic acids is 2. The molecule has 0 bridgehead atoms. The van der Waals surface area contributed by atoms with Crippen LogP contribution in [-0.4, -0.2) is 21.9 Å². The molecule has 0 aliphatic carbocycles. The maximum Gasteiger partial charge on any atom is 0.270 e. The Morgan fingerprint density at radius 1 is 1.06 bits per heavy atom. The first-order valence-electron chi connectivity index (χ1n) is 9.95. The van der Waals surface area contributed by atoms with Gasteiger partial charge in [0.1, 0.15) is 17.9 Å².